The standard InChI is InChI=1S/C13H9Br2F3N2O/c14-9-5-7(19)1-3-11(9)20-8-2-4-12(10(15)6-8)21-13(16,17)18/h1-6,20H,19H2. The molecule has 0 aliphatic rings. The Hall–Kier alpha value is -1.41. The molecule has 0 radical (unpaired) electrons. The summed E-state index contributed by atoms with van der Waals surface area (Å²) in [5, 5.41) is 3.06. The monoisotopic (exact) mass is 424 g/mol. The van der Waals surface area contributed by atoms with Gasteiger partial charge in [0.1, 0.15) is 5.75 Å². The van der Waals surface area contributed by atoms with Crippen LogP contribution in [0.25, 0.3) is 0 Å². The number of hydrogen-bond donors (Lipinski definition) is 2. The first-order valence-electron chi connectivity index (χ1n) is 5.62. The molecule has 8 heteroatoms. The number of nitrogens with one attached hydrogen (secondary N) is 1. The van der Waals surface area contributed by atoms with Gasteiger partial charge in [-0.25, -0.2) is 0 Å². The van der Waals surface area contributed by atoms with Gasteiger partial charge in [-0.1, -0.05) is 0 Å². The van der Waals surface area contributed by atoms with Crippen LogP contribution in [0.15, 0.2) is 45.3 Å². The Morgan fingerprint density at radius 3 is 2.29 bits per heavy atom. The SMILES string of the molecule is Nc1ccc(Nc2ccc(OC(F)(F)F)c(Br)c2)c(Br)c1. The first kappa shape index (κ1) is 16.0. The van der Waals surface area contributed by atoms with Gasteiger partial charge in [0.2, 0.25) is 0 Å². The third kappa shape index (κ3) is 4.53. The highest BCUT2D eigenvalue weighted by Crippen LogP contribution is 2.34. The van der Waals surface area contributed by atoms with E-state index in [1.54, 1.807) is 18.2 Å². The summed E-state index contributed by atoms with van der Waals surface area (Å²) in [6, 6.07) is 9.39. The Bertz CT molecular complexity index is 662. The maximum Gasteiger partial charge on any atom is 0.573 e. The van der Waals surface area contributed by atoms with Crippen molar-refractivity contribution in [1.29, 1.82) is 0 Å². The van der Waals surface area contributed by atoms with E-state index in [1.807, 2.05) is 0 Å². The van der Waals surface area contributed by atoms with Gasteiger partial charge >= 0.3 is 6.36 Å². The summed E-state index contributed by atoms with van der Waals surface area (Å²) >= 11 is 6.40. The van der Waals surface area contributed by atoms with Crippen LogP contribution in [0.3, 0.4) is 0 Å². The normalized spacial score (nSPS) is 11.3. The molecule has 2 aromatic carbocycles. The van der Waals surface area contributed by atoms with Crippen molar-refractivity contribution >= 4 is 48.9 Å². The minimum Gasteiger partial charge on any atom is -0.405 e. The molecule has 0 aromatic heterocycles. The first-order chi connectivity index (χ1) is 9.74. The van der Waals surface area contributed by atoms with E-state index < -0.39 is 6.36 Å². The van der Waals surface area contributed by atoms with Crippen molar-refractivity contribution in [3.05, 3.63) is 45.3 Å². The zero-order valence-corrected chi connectivity index (χ0v) is 13.5. The Labute approximate surface area is 135 Å². The van der Waals surface area contributed by atoms with Gasteiger partial charge in [0.25, 0.3) is 0 Å². The summed E-state index contributed by atoms with van der Waals surface area (Å²) in [5.41, 5.74) is 7.57. The minimum atomic E-state index is -4.72. The van der Waals surface area contributed by atoms with Gasteiger partial charge in [-0.05, 0) is 68.3 Å². The third-order valence-electron chi connectivity index (χ3n) is 2.43. The second kappa shape index (κ2) is 6.15. The van der Waals surface area contributed by atoms with E-state index >= 15 is 0 Å². The molecule has 0 atom stereocenters. The van der Waals surface area contributed by atoms with Gasteiger partial charge in [0, 0.05) is 15.8 Å². The second-order valence-corrected chi connectivity index (χ2v) is 5.77. The van der Waals surface area contributed by atoms with E-state index in [4.69, 9.17) is 5.73 Å². The van der Waals surface area contributed by atoms with Crippen LogP contribution in [0, 0.1) is 0 Å². The molecular weight excluding hydrogens is 417 g/mol. The van der Waals surface area contributed by atoms with Gasteiger partial charge in [0.05, 0.1) is 10.2 Å². The van der Waals surface area contributed by atoms with E-state index in [1.165, 1.54) is 18.2 Å². The number of benzene rings is 2. The number of halogens is 5. The molecule has 2 aromatic rings. The van der Waals surface area contributed by atoms with E-state index in [0.717, 1.165) is 10.2 Å². The number of nitrogens with two attached hydrogens (primary N) is 1. The lowest BCUT2D eigenvalue weighted by Gasteiger charge is -2.13. The summed E-state index contributed by atoms with van der Waals surface area (Å²) in [6.07, 6.45) is -4.72. The molecule has 0 unspecified atom stereocenters. The fourth-order valence-corrected chi connectivity index (χ4v) is 2.53. The Kier molecular flexibility index (Phi) is 4.67. The second-order valence-electron chi connectivity index (χ2n) is 4.06. The zero-order valence-electron chi connectivity index (χ0n) is 10.3. The van der Waals surface area contributed by atoms with Crippen LogP contribution in [-0.4, -0.2) is 6.36 Å². The predicted octanol–water partition coefficient (Wildman–Crippen LogP) is 5.44. The molecule has 3 nitrogen and oxygen atoms in total. The Morgan fingerprint density at radius 1 is 1.00 bits per heavy atom. The fraction of sp³-hybridized carbons (Fsp3) is 0.0769. The Morgan fingerprint density at radius 2 is 1.71 bits per heavy atom. The van der Waals surface area contributed by atoms with Gasteiger partial charge < -0.3 is 15.8 Å². The van der Waals surface area contributed by atoms with Crippen molar-refractivity contribution in [2.24, 2.45) is 0 Å². The summed E-state index contributed by atoms with van der Waals surface area (Å²) in [6.45, 7) is 0. The van der Waals surface area contributed by atoms with Crippen LogP contribution in [0.4, 0.5) is 30.2 Å². The van der Waals surface area contributed by atoms with Crippen LogP contribution >= 0.6 is 31.9 Å². The maximum absolute atomic E-state index is 12.2. The summed E-state index contributed by atoms with van der Waals surface area (Å²) in [4.78, 5) is 0. The summed E-state index contributed by atoms with van der Waals surface area (Å²) in [7, 11) is 0. The lowest BCUT2D eigenvalue weighted by Crippen LogP contribution is -2.17. The van der Waals surface area contributed by atoms with Crippen molar-refractivity contribution in [2.75, 3.05) is 11.1 Å². The van der Waals surface area contributed by atoms with E-state index in [0.29, 0.717) is 11.4 Å². The van der Waals surface area contributed by atoms with Crippen LogP contribution in [0.2, 0.25) is 0 Å². The van der Waals surface area contributed by atoms with E-state index in [9.17, 15) is 13.2 Å². The zero-order chi connectivity index (χ0) is 15.6. The van der Waals surface area contributed by atoms with Gasteiger partial charge in [-0.15, -0.1) is 13.2 Å². The molecule has 0 aliphatic heterocycles. The number of ether oxygens (including phenoxy) is 1. The highest BCUT2D eigenvalue weighted by molar-refractivity contribution is 9.11. The molecule has 0 fully saturated rings. The lowest BCUT2D eigenvalue weighted by atomic mass is 10.2. The van der Waals surface area contributed by atoms with Crippen molar-refractivity contribution < 1.29 is 17.9 Å². The van der Waals surface area contributed by atoms with Crippen LogP contribution in [0.5, 0.6) is 5.75 Å². The molecule has 3 N–H and O–H groups in total. The number of nitrogen functional groups attached to an aromatic ring is 1. The van der Waals surface area contributed by atoms with Crippen molar-refractivity contribution in [3.63, 3.8) is 0 Å². The molecule has 0 bridgehead atoms. The molecule has 0 saturated heterocycles. The lowest BCUT2D eigenvalue weighted by molar-refractivity contribution is -0.274. The molecule has 0 amide bonds. The highest BCUT2D eigenvalue weighted by Gasteiger charge is 2.31. The molecule has 21 heavy (non-hydrogen) atoms. The van der Waals surface area contributed by atoms with E-state index in [-0.39, 0.29) is 10.2 Å². The minimum absolute atomic E-state index is 0.191. The highest BCUT2D eigenvalue weighted by atomic mass is 79.9. The van der Waals surface area contributed by atoms with Gasteiger partial charge in [-0.2, -0.15) is 0 Å². The summed E-state index contributed by atoms with van der Waals surface area (Å²) < 4.78 is 41.4. The average molecular weight is 426 g/mol. The average Bonchev–Trinajstić information content (AvgIpc) is 2.35. The molecule has 2 rings (SSSR count). The quantitative estimate of drug-likeness (QED) is 0.644. The third-order valence-corrected chi connectivity index (χ3v) is 3.71. The van der Waals surface area contributed by atoms with Crippen LogP contribution < -0.4 is 15.8 Å². The molecule has 112 valence electrons. The molecular formula is C13H9Br2F3N2O. The van der Waals surface area contributed by atoms with Gasteiger partial charge in [0.15, 0.2) is 0 Å². The number of hydrogen-bond acceptors (Lipinski definition) is 3. The fourth-order valence-electron chi connectivity index (χ4n) is 1.57. The largest absolute Gasteiger partial charge is 0.573 e. The first-order valence-corrected chi connectivity index (χ1v) is 7.20. The van der Waals surface area contributed by atoms with E-state index in [2.05, 4.69) is 41.9 Å². The molecule has 0 saturated carbocycles. The molecule has 0 heterocycles. The molecule has 0 aliphatic carbocycles. The summed E-state index contributed by atoms with van der Waals surface area (Å²) in [5.74, 6) is -0.301. The van der Waals surface area contributed by atoms with Gasteiger partial charge in [-0.3, -0.25) is 0 Å². The predicted molar refractivity (Wildman–Crippen MR) is 82.7 cm³/mol. The van der Waals surface area contributed by atoms with Crippen molar-refractivity contribution in [2.45, 2.75) is 6.36 Å². The number of alkyl halides is 3. The van der Waals surface area contributed by atoms with Crippen molar-refractivity contribution in [3.8, 4) is 5.75 Å². The number of rotatable bonds is 3. The smallest absolute Gasteiger partial charge is 0.405 e. The number of anilines is 3. The Balaban J connectivity index is 2.20. The molecule has 0 spiro atoms. The maximum atomic E-state index is 12.2. The van der Waals surface area contributed by atoms with Crippen LogP contribution in [-0.2, 0) is 0 Å². The topological polar surface area (TPSA) is 47.3 Å². The van der Waals surface area contributed by atoms with Crippen molar-refractivity contribution in [1.82, 2.24) is 0 Å². The van der Waals surface area contributed by atoms with Crippen LogP contribution in [0.1, 0.15) is 0 Å².